The Kier molecular flexibility index (Phi) is 5.52. The zero-order chi connectivity index (χ0) is 19.2. The second-order valence-electron chi connectivity index (χ2n) is 5.80. The standard InChI is InChI=1S/C22H19NO4/c1-26-20-13-10-17(14-19(20)15-6-4-3-5-7-15)21(24)23-18-11-8-16(9-12-18)22(25)27-2/h3-14H,1-2H3,(H,23,24). The fraction of sp³-hybridized carbons (Fsp3) is 0.0909. The molecule has 0 bridgehead atoms. The third-order valence-electron chi connectivity index (χ3n) is 4.11. The van der Waals surface area contributed by atoms with E-state index in [-0.39, 0.29) is 5.91 Å². The first-order valence-corrected chi connectivity index (χ1v) is 8.35. The van der Waals surface area contributed by atoms with Crippen molar-refractivity contribution in [2.45, 2.75) is 0 Å². The molecule has 0 atom stereocenters. The van der Waals surface area contributed by atoms with Crippen LogP contribution in [0.25, 0.3) is 11.1 Å². The number of amides is 1. The number of rotatable bonds is 5. The van der Waals surface area contributed by atoms with Gasteiger partial charge in [-0.2, -0.15) is 0 Å². The Hall–Kier alpha value is -3.60. The fourth-order valence-electron chi connectivity index (χ4n) is 2.70. The first kappa shape index (κ1) is 18.2. The summed E-state index contributed by atoms with van der Waals surface area (Å²) in [4.78, 5) is 24.1. The Morgan fingerprint density at radius 1 is 0.815 bits per heavy atom. The highest BCUT2D eigenvalue weighted by molar-refractivity contribution is 6.05. The van der Waals surface area contributed by atoms with Crippen molar-refractivity contribution >= 4 is 17.6 Å². The number of carbonyl (C=O) groups excluding carboxylic acids is 2. The summed E-state index contributed by atoms with van der Waals surface area (Å²) in [5.74, 6) is 0.0244. The molecule has 3 aromatic rings. The van der Waals surface area contributed by atoms with Crippen LogP contribution < -0.4 is 10.1 Å². The molecule has 0 aliphatic heterocycles. The molecule has 0 aliphatic rings. The van der Waals surface area contributed by atoms with Gasteiger partial charge in [0.1, 0.15) is 5.75 Å². The van der Waals surface area contributed by atoms with Gasteiger partial charge in [0, 0.05) is 16.8 Å². The Morgan fingerprint density at radius 2 is 1.48 bits per heavy atom. The average molecular weight is 361 g/mol. The molecule has 0 aromatic heterocycles. The largest absolute Gasteiger partial charge is 0.496 e. The Balaban J connectivity index is 1.84. The third kappa shape index (κ3) is 4.15. The number of hydrogen-bond acceptors (Lipinski definition) is 4. The molecule has 5 heteroatoms. The Morgan fingerprint density at radius 3 is 2.11 bits per heavy atom. The molecule has 1 N–H and O–H groups in total. The molecular weight excluding hydrogens is 342 g/mol. The molecule has 0 saturated heterocycles. The molecule has 0 unspecified atom stereocenters. The monoisotopic (exact) mass is 361 g/mol. The lowest BCUT2D eigenvalue weighted by atomic mass is 10.0. The minimum absolute atomic E-state index is 0.249. The molecule has 0 spiro atoms. The van der Waals surface area contributed by atoms with Crippen molar-refractivity contribution in [3.8, 4) is 16.9 Å². The Labute approximate surface area is 157 Å². The van der Waals surface area contributed by atoms with Crippen LogP contribution in [0.1, 0.15) is 20.7 Å². The van der Waals surface area contributed by atoms with Crippen molar-refractivity contribution in [3.63, 3.8) is 0 Å². The molecule has 1 amide bonds. The third-order valence-corrected chi connectivity index (χ3v) is 4.11. The molecule has 3 aromatic carbocycles. The number of benzene rings is 3. The molecule has 0 fully saturated rings. The van der Waals surface area contributed by atoms with Crippen LogP contribution in [0.4, 0.5) is 5.69 Å². The van der Waals surface area contributed by atoms with Crippen molar-refractivity contribution in [2.24, 2.45) is 0 Å². The summed E-state index contributed by atoms with van der Waals surface area (Å²) in [7, 11) is 2.93. The predicted molar refractivity (Wildman–Crippen MR) is 104 cm³/mol. The van der Waals surface area contributed by atoms with Crippen LogP contribution in [0.2, 0.25) is 0 Å². The van der Waals surface area contributed by atoms with Crippen LogP contribution >= 0.6 is 0 Å². The minimum Gasteiger partial charge on any atom is -0.496 e. The summed E-state index contributed by atoms with van der Waals surface area (Å²) in [6, 6.07) is 21.5. The molecule has 27 heavy (non-hydrogen) atoms. The lowest BCUT2D eigenvalue weighted by Crippen LogP contribution is -2.12. The predicted octanol–water partition coefficient (Wildman–Crippen LogP) is 4.40. The SMILES string of the molecule is COC(=O)c1ccc(NC(=O)c2ccc(OC)c(-c3ccccc3)c2)cc1. The maximum atomic E-state index is 12.6. The smallest absolute Gasteiger partial charge is 0.337 e. The lowest BCUT2D eigenvalue weighted by Gasteiger charge is -2.12. The van der Waals surface area contributed by atoms with Gasteiger partial charge in [-0.05, 0) is 48.0 Å². The molecule has 5 nitrogen and oxygen atoms in total. The van der Waals surface area contributed by atoms with Crippen molar-refractivity contribution in [2.75, 3.05) is 19.5 Å². The highest BCUT2D eigenvalue weighted by atomic mass is 16.5. The van der Waals surface area contributed by atoms with Gasteiger partial charge < -0.3 is 14.8 Å². The number of anilines is 1. The van der Waals surface area contributed by atoms with Gasteiger partial charge in [0.15, 0.2) is 0 Å². The number of esters is 1. The fourth-order valence-corrected chi connectivity index (χ4v) is 2.70. The van der Waals surface area contributed by atoms with Gasteiger partial charge in [0.05, 0.1) is 19.8 Å². The van der Waals surface area contributed by atoms with E-state index in [1.54, 1.807) is 49.6 Å². The van der Waals surface area contributed by atoms with E-state index in [1.807, 2.05) is 30.3 Å². The highest BCUT2D eigenvalue weighted by Crippen LogP contribution is 2.31. The van der Waals surface area contributed by atoms with Crippen LogP contribution in [0.3, 0.4) is 0 Å². The van der Waals surface area contributed by atoms with Gasteiger partial charge in [-0.25, -0.2) is 4.79 Å². The van der Waals surface area contributed by atoms with Crippen LogP contribution in [-0.2, 0) is 4.74 Å². The second kappa shape index (κ2) is 8.19. The van der Waals surface area contributed by atoms with Gasteiger partial charge in [-0.15, -0.1) is 0 Å². The summed E-state index contributed by atoms with van der Waals surface area (Å²) >= 11 is 0. The summed E-state index contributed by atoms with van der Waals surface area (Å²) in [5, 5.41) is 2.83. The number of hydrogen-bond donors (Lipinski definition) is 1. The maximum Gasteiger partial charge on any atom is 0.337 e. The normalized spacial score (nSPS) is 10.1. The van der Waals surface area contributed by atoms with E-state index in [9.17, 15) is 9.59 Å². The zero-order valence-electron chi connectivity index (χ0n) is 15.1. The topological polar surface area (TPSA) is 64.6 Å². The molecule has 136 valence electrons. The lowest BCUT2D eigenvalue weighted by molar-refractivity contribution is 0.0600. The van der Waals surface area contributed by atoms with Gasteiger partial charge in [0.2, 0.25) is 0 Å². The number of ether oxygens (including phenoxy) is 2. The molecule has 0 aliphatic carbocycles. The van der Waals surface area contributed by atoms with E-state index >= 15 is 0 Å². The molecular formula is C22H19NO4. The molecule has 3 rings (SSSR count). The second-order valence-corrected chi connectivity index (χ2v) is 5.80. The van der Waals surface area contributed by atoms with Crippen LogP contribution in [0, 0.1) is 0 Å². The van der Waals surface area contributed by atoms with Crippen molar-refractivity contribution < 1.29 is 19.1 Å². The summed E-state index contributed by atoms with van der Waals surface area (Å²) in [6.07, 6.45) is 0. The average Bonchev–Trinajstić information content (AvgIpc) is 2.73. The molecule has 0 radical (unpaired) electrons. The first-order chi connectivity index (χ1) is 13.1. The maximum absolute atomic E-state index is 12.6. The van der Waals surface area contributed by atoms with Crippen LogP contribution in [0.5, 0.6) is 5.75 Å². The zero-order valence-corrected chi connectivity index (χ0v) is 15.1. The molecule has 0 heterocycles. The van der Waals surface area contributed by atoms with Gasteiger partial charge >= 0.3 is 5.97 Å². The first-order valence-electron chi connectivity index (χ1n) is 8.35. The van der Waals surface area contributed by atoms with E-state index in [0.717, 1.165) is 11.1 Å². The van der Waals surface area contributed by atoms with Gasteiger partial charge in [-0.3, -0.25) is 4.79 Å². The minimum atomic E-state index is -0.421. The van der Waals surface area contributed by atoms with Crippen LogP contribution in [-0.4, -0.2) is 26.1 Å². The summed E-state index contributed by atoms with van der Waals surface area (Å²) in [6.45, 7) is 0. The highest BCUT2D eigenvalue weighted by Gasteiger charge is 2.12. The van der Waals surface area contributed by atoms with Crippen molar-refractivity contribution in [1.29, 1.82) is 0 Å². The van der Waals surface area contributed by atoms with E-state index in [0.29, 0.717) is 22.6 Å². The van der Waals surface area contributed by atoms with Gasteiger partial charge in [0.25, 0.3) is 5.91 Å². The number of carbonyl (C=O) groups is 2. The molecule has 0 saturated carbocycles. The van der Waals surface area contributed by atoms with Gasteiger partial charge in [-0.1, -0.05) is 30.3 Å². The van der Waals surface area contributed by atoms with E-state index < -0.39 is 5.97 Å². The van der Waals surface area contributed by atoms with Crippen LogP contribution in [0.15, 0.2) is 72.8 Å². The van der Waals surface area contributed by atoms with Crippen molar-refractivity contribution in [3.05, 3.63) is 83.9 Å². The van der Waals surface area contributed by atoms with E-state index in [4.69, 9.17) is 4.74 Å². The summed E-state index contributed by atoms with van der Waals surface area (Å²) in [5.41, 5.74) is 3.32. The number of nitrogens with one attached hydrogen (secondary N) is 1. The quantitative estimate of drug-likeness (QED) is 0.684. The van der Waals surface area contributed by atoms with Crippen molar-refractivity contribution in [1.82, 2.24) is 0 Å². The van der Waals surface area contributed by atoms with E-state index in [1.165, 1.54) is 7.11 Å². The number of methoxy groups -OCH3 is 2. The summed E-state index contributed by atoms with van der Waals surface area (Å²) < 4.78 is 10.1. The Bertz CT molecular complexity index is 950. The van der Waals surface area contributed by atoms with E-state index in [2.05, 4.69) is 10.1 Å².